The molecule has 1 aromatic carbocycles. The minimum atomic E-state index is -0.685. The lowest BCUT2D eigenvalue weighted by atomic mass is 10.2. The molecule has 0 N–H and O–H groups in total. The molecule has 0 amide bonds. The molecule has 0 radical (unpaired) electrons. The van der Waals surface area contributed by atoms with Crippen LogP contribution in [0.3, 0.4) is 0 Å². The van der Waals surface area contributed by atoms with Gasteiger partial charge in [-0.2, -0.15) is 0 Å². The average molecular weight is 316 g/mol. The van der Waals surface area contributed by atoms with Crippen LogP contribution >= 0.6 is 28.4 Å². The van der Waals surface area contributed by atoms with Gasteiger partial charge in [0.25, 0.3) is 0 Å². The first-order chi connectivity index (χ1) is 6.71. The van der Waals surface area contributed by atoms with E-state index >= 15 is 0 Å². The molecule has 0 aromatic heterocycles. The van der Waals surface area contributed by atoms with E-state index in [9.17, 15) is 0 Å². The Hall–Kier alpha value is -0.220. The van der Waals surface area contributed by atoms with Gasteiger partial charge in [0.1, 0.15) is 0 Å². The van der Waals surface area contributed by atoms with Gasteiger partial charge in [-0.1, -0.05) is 42.5 Å². The van der Waals surface area contributed by atoms with Crippen LogP contribution < -0.4 is 0 Å². The summed E-state index contributed by atoms with van der Waals surface area (Å²) in [6.07, 6.45) is 4.44. The lowest BCUT2D eigenvalue weighted by Gasteiger charge is -2.28. The molecule has 1 aromatic rings. The maximum absolute atomic E-state index is 2.62. The van der Waals surface area contributed by atoms with Gasteiger partial charge in [-0.15, -0.1) is 7.20 Å². The number of halogens is 1. The van der Waals surface area contributed by atoms with Crippen molar-refractivity contribution in [2.45, 2.75) is 12.7 Å². The molecule has 2 rings (SSSR count). The summed E-state index contributed by atoms with van der Waals surface area (Å²) in [6, 6.07) is 10.7. The first kappa shape index (κ1) is 10.3. The van der Waals surface area contributed by atoms with Crippen LogP contribution in [0.5, 0.6) is 0 Å². The molecular weight excluding hydrogens is 303 g/mol. The molecule has 1 atom stereocenters. The Bertz CT molecular complexity index is 381. The third-order valence-corrected chi connectivity index (χ3v) is 8.83. The molecule has 0 bridgehead atoms. The monoisotopic (exact) mass is 316 g/mol. The van der Waals surface area contributed by atoms with E-state index in [1.54, 1.807) is 0 Å². The second kappa shape index (κ2) is 4.11. The van der Waals surface area contributed by atoms with Crippen LogP contribution in [-0.4, -0.2) is 0 Å². The van der Waals surface area contributed by atoms with E-state index in [1.165, 1.54) is 16.2 Å². The van der Waals surface area contributed by atoms with E-state index in [4.69, 9.17) is 0 Å². The summed E-state index contributed by atoms with van der Waals surface area (Å²) in [5, 5.41) is 2.37. The third-order valence-electron chi connectivity index (χ3n) is 2.38. The molecule has 14 heavy (non-hydrogen) atoms. The first-order valence-corrected chi connectivity index (χ1v) is 9.01. The quantitative estimate of drug-likeness (QED) is 0.689. The summed E-state index contributed by atoms with van der Waals surface area (Å²) in [5.74, 6) is 1.17. The Morgan fingerprint density at radius 3 is 2.50 bits per heavy atom. The predicted molar refractivity (Wildman–Crippen MR) is 74.7 cm³/mol. The lowest BCUT2D eigenvalue weighted by molar-refractivity contribution is 1.41. The van der Waals surface area contributed by atoms with Crippen LogP contribution in [0, 0.1) is 0 Å². The van der Waals surface area contributed by atoms with Gasteiger partial charge in [-0.3, -0.25) is 0 Å². The molecule has 1 aliphatic heterocycles. The van der Waals surface area contributed by atoms with Crippen molar-refractivity contribution in [2.75, 3.05) is 0 Å². The fraction of sp³-hybridized carbons (Fsp3) is 0.167. The standard InChI is InChI=1S/C12H13IS/c1-11-6-5-9-14(11,13)10-12-7-3-2-4-8-12/h2-9H,10H2,1H3. The predicted octanol–water partition coefficient (Wildman–Crippen LogP) is 4.77. The van der Waals surface area contributed by atoms with Gasteiger partial charge < -0.3 is 0 Å². The molecule has 0 saturated heterocycles. The second-order valence-corrected chi connectivity index (χ2v) is 10.8. The Balaban J connectivity index is 2.20. The molecule has 0 nitrogen and oxygen atoms in total. The zero-order valence-electron chi connectivity index (χ0n) is 8.11. The Morgan fingerprint density at radius 2 is 1.93 bits per heavy atom. The molecule has 1 unspecified atom stereocenters. The van der Waals surface area contributed by atoms with E-state index in [-0.39, 0.29) is 0 Å². The largest absolute Gasteiger partial charge is 0.140 e. The summed E-state index contributed by atoms with van der Waals surface area (Å²) in [4.78, 5) is 1.53. The zero-order chi connectivity index (χ0) is 10.0. The lowest BCUT2D eigenvalue weighted by Crippen LogP contribution is -1.91. The normalized spacial score (nSPS) is 29.7. The van der Waals surface area contributed by atoms with Crippen molar-refractivity contribution in [3.63, 3.8) is 0 Å². The summed E-state index contributed by atoms with van der Waals surface area (Å²) < 4.78 is 0. The third kappa shape index (κ3) is 2.06. The summed E-state index contributed by atoms with van der Waals surface area (Å²) in [7, 11) is -0.685. The number of rotatable bonds is 2. The van der Waals surface area contributed by atoms with Crippen molar-refractivity contribution in [3.8, 4) is 0 Å². The van der Waals surface area contributed by atoms with Crippen LogP contribution in [-0.2, 0) is 5.75 Å². The van der Waals surface area contributed by atoms with E-state index in [1.807, 2.05) is 0 Å². The smallest absolute Gasteiger partial charge is 0.0181 e. The van der Waals surface area contributed by atoms with Gasteiger partial charge in [0.05, 0.1) is 0 Å². The molecule has 2 heteroatoms. The highest BCUT2D eigenvalue weighted by atomic mass is 127. The maximum Gasteiger partial charge on any atom is 0.0181 e. The van der Waals surface area contributed by atoms with Crippen molar-refractivity contribution in [1.29, 1.82) is 0 Å². The fourth-order valence-electron chi connectivity index (χ4n) is 1.50. The molecule has 0 spiro atoms. The topological polar surface area (TPSA) is 0 Å². The van der Waals surface area contributed by atoms with Crippen LogP contribution in [0.2, 0.25) is 0 Å². The van der Waals surface area contributed by atoms with E-state index < -0.39 is 7.20 Å². The number of allylic oxidation sites excluding steroid dienone is 3. The van der Waals surface area contributed by atoms with Crippen molar-refractivity contribution in [1.82, 2.24) is 0 Å². The zero-order valence-corrected chi connectivity index (χ0v) is 11.1. The van der Waals surface area contributed by atoms with Crippen molar-refractivity contribution >= 4 is 28.4 Å². The highest BCUT2D eigenvalue weighted by molar-refractivity contribution is 14.2. The minimum absolute atomic E-state index is 0.685. The SMILES string of the molecule is CC1=CC=CS1(I)Cc1ccccc1. The highest BCUT2D eigenvalue weighted by Gasteiger charge is 2.22. The highest BCUT2D eigenvalue weighted by Crippen LogP contribution is 2.68. The van der Waals surface area contributed by atoms with Crippen LogP contribution in [0.15, 0.2) is 52.8 Å². The first-order valence-electron chi connectivity index (χ1n) is 4.60. The molecule has 0 saturated carbocycles. The number of hydrogen-bond acceptors (Lipinski definition) is 0. The Labute approximate surface area is 99.0 Å². The Kier molecular flexibility index (Phi) is 3.02. The van der Waals surface area contributed by atoms with Gasteiger partial charge in [0.15, 0.2) is 0 Å². The van der Waals surface area contributed by atoms with Gasteiger partial charge in [-0.25, -0.2) is 0 Å². The molecular formula is C12H13IS. The van der Waals surface area contributed by atoms with Gasteiger partial charge in [0.2, 0.25) is 0 Å². The van der Waals surface area contributed by atoms with Crippen LogP contribution in [0.1, 0.15) is 12.5 Å². The average Bonchev–Trinajstić information content (AvgIpc) is 2.48. The van der Waals surface area contributed by atoms with E-state index in [0.29, 0.717) is 0 Å². The molecule has 74 valence electrons. The number of benzene rings is 1. The second-order valence-electron chi connectivity index (χ2n) is 3.44. The van der Waals surface area contributed by atoms with Crippen molar-refractivity contribution in [3.05, 3.63) is 58.4 Å². The van der Waals surface area contributed by atoms with Crippen LogP contribution in [0.25, 0.3) is 0 Å². The number of hydrogen-bond donors (Lipinski definition) is 0. The summed E-state index contributed by atoms with van der Waals surface area (Å²) in [5.41, 5.74) is 1.44. The molecule has 0 fully saturated rings. The van der Waals surface area contributed by atoms with Gasteiger partial charge >= 0.3 is 0 Å². The van der Waals surface area contributed by atoms with E-state index in [0.717, 1.165) is 0 Å². The van der Waals surface area contributed by atoms with Gasteiger partial charge in [-0.05, 0) is 44.0 Å². The summed E-state index contributed by atoms with van der Waals surface area (Å²) >= 11 is 2.62. The minimum Gasteiger partial charge on any atom is -0.140 e. The van der Waals surface area contributed by atoms with Crippen molar-refractivity contribution in [2.24, 2.45) is 0 Å². The van der Waals surface area contributed by atoms with Crippen molar-refractivity contribution < 1.29 is 0 Å². The maximum atomic E-state index is 2.62. The van der Waals surface area contributed by atoms with Crippen LogP contribution in [0.4, 0.5) is 0 Å². The molecule has 0 aliphatic carbocycles. The Morgan fingerprint density at radius 1 is 1.21 bits per heavy atom. The molecule has 1 aliphatic rings. The van der Waals surface area contributed by atoms with E-state index in [2.05, 4.69) is 76.0 Å². The fourth-order valence-corrected chi connectivity index (χ4v) is 5.37. The summed E-state index contributed by atoms with van der Waals surface area (Å²) in [6.45, 7) is 2.24. The van der Waals surface area contributed by atoms with Gasteiger partial charge in [0, 0.05) is 5.75 Å². The molecule has 1 heterocycles.